The van der Waals surface area contributed by atoms with Gasteiger partial charge in [-0.2, -0.15) is 0 Å². The Balaban J connectivity index is 1.75. The first-order valence-electron chi connectivity index (χ1n) is 6.33. The fourth-order valence-electron chi connectivity index (χ4n) is 2.80. The molecule has 4 heteroatoms. The molecule has 2 aliphatic heterocycles. The number of nitrogens with zero attached hydrogens (tertiary/aromatic N) is 1. The van der Waals surface area contributed by atoms with E-state index in [9.17, 15) is 4.79 Å². The summed E-state index contributed by atoms with van der Waals surface area (Å²) in [7, 11) is 0. The lowest BCUT2D eigenvalue weighted by Gasteiger charge is -2.26. The van der Waals surface area contributed by atoms with Crippen molar-refractivity contribution in [3.05, 3.63) is 0 Å². The van der Waals surface area contributed by atoms with Crippen LogP contribution in [0.3, 0.4) is 0 Å². The summed E-state index contributed by atoms with van der Waals surface area (Å²) < 4.78 is 5.63. The third kappa shape index (κ3) is 3.19. The van der Waals surface area contributed by atoms with Gasteiger partial charge in [0.25, 0.3) is 0 Å². The minimum atomic E-state index is -0.677. The summed E-state index contributed by atoms with van der Waals surface area (Å²) in [5.74, 6) is -0.677. The van der Waals surface area contributed by atoms with Crippen LogP contribution in [0.4, 0.5) is 0 Å². The average Bonchev–Trinajstić information content (AvgIpc) is 2.87. The van der Waals surface area contributed by atoms with E-state index in [1.54, 1.807) is 0 Å². The van der Waals surface area contributed by atoms with E-state index in [4.69, 9.17) is 9.84 Å². The van der Waals surface area contributed by atoms with Crippen LogP contribution in [0.15, 0.2) is 0 Å². The molecule has 2 rings (SSSR count). The third-order valence-corrected chi connectivity index (χ3v) is 3.65. The van der Waals surface area contributed by atoms with Crippen LogP contribution in [0.2, 0.25) is 0 Å². The largest absolute Gasteiger partial charge is 0.481 e. The molecule has 2 unspecified atom stereocenters. The number of rotatable bonds is 5. The van der Waals surface area contributed by atoms with Crippen molar-refractivity contribution in [1.29, 1.82) is 0 Å². The molecule has 2 fully saturated rings. The van der Waals surface area contributed by atoms with Crippen LogP contribution >= 0.6 is 0 Å². The maximum absolute atomic E-state index is 10.6. The van der Waals surface area contributed by atoms with Crippen LogP contribution < -0.4 is 0 Å². The second-order valence-corrected chi connectivity index (χ2v) is 4.86. The predicted octanol–water partition coefficient (Wildman–Crippen LogP) is 1.49. The van der Waals surface area contributed by atoms with E-state index >= 15 is 0 Å². The lowest BCUT2D eigenvalue weighted by atomic mass is 10.1. The molecule has 16 heavy (non-hydrogen) atoms. The molecule has 0 aromatic carbocycles. The molecular formula is C12H21NO3. The van der Waals surface area contributed by atoms with Crippen LogP contribution in [0.1, 0.15) is 38.5 Å². The molecule has 0 aromatic rings. The second kappa shape index (κ2) is 5.64. The zero-order chi connectivity index (χ0) is 11.4. The monoisotopic (exact) mass is 227 g/mol. The van der Waals surface area contributed by atoms with Gasteiger partial charge in [0.2, 0.25) is 0 Å². The Kier molecular flexibility index (Phi) is 4.18. The molecule has 0 amide bonds. The fourth-order valence-corrected chi connectivity index (χ4v) is 2.80. The summed E-state index contributed by atoms with van der Waals surface area (Å²) in [5, 5.41) is 8.70. The van der Waals surface area contributed by atoms with Crippen molar-refractivity contribution >= 4 is 5.97 Å². The molecule has 0 radical (unpaired) electrons. The number of carbonyl (C=O) groups is 1. The smallest absolute Gasteiger partial charge is 0.303 e. The number of likely N-dealkylation sites (tertiary alicyclic amines) is 1. The molecular weight excluding hydrogens is 206 g/mol. The molecule has 2 atom stereocenters. The van der Waals surface area contributed by atoms with Gasteiger partial charge in [-0.15, -0.1) is 0 Å². The maximum Gasteiger partial charge on any atom is 0.303 e. The van der Waals surface area contributed by atoms with Crippen molar-refractivity contribution in [1.82, 2.24) is 4.90 Å². The highest BCUT2D eigenvalue weighted by molar-refractivity contribution is 5.66. The highest BCUT2D eigenvalue weighted by Crippen LogP contribution is 2.24. The molecule has 0 aromatic heterocycles. The Morgan fingerprint density at radius 3 is 2.94 bits per heavy atom. The van der Waals surface area contributed by atoms with Crippen molar-refractivity contribution in [3.63, 3.8) is 0 Å². The standard InChI is InChI=1S/C12H21NO3/c14-12(15)6-5-10-3-1-7-13(10)9-11-4-2-8-16-11/h10-11H,1-9H2,(H,14,15). The van der Waals surface area contributed by atoms with Gasteiger partial charge in [-0.05, 0) is 38.6 Å². The van der Waals surface area contributed by atoms with Gasteiger partial charge in [0.1, 0.15) is 0 Å². The number of aliphatic carboxylic acids is 1. The van der Waals surface area contributed by atoms with Gasteiger partial charge >= 0.3 is 5.97 Å². The molecule has 2 aliphatic rings. The van der Waals surface area contributed by atoms with E-state index in [2.05, 4.69) is 4.90 Å². The summed E-state index contributed by atoms with van der Waals surface area (Å²) in [4.78, 5) is 13.0. The Morgan fingerprint density at radius 2 is 2.25 bits per heavy atom. The highest BCUT2D eigenvalue weighted by Gasteiger charge is 2.28. The molecule has 2 saturated heterocycles. The Hall–Kier alpha value is -0.610. The van der Waals surface area contributed by atoms with E-state index in [-0.39, 0.29) is 0 Å². The first kappa shape index (κ1) is 11.9. The number of ether oxygens (including phenoxy) is 1. The Bertz CT molecular complexity index is 238. The number of carboxylic acids is 1. The molecule has 0 spiro atoms. The van der Waals surface area contributed by atoms with Gasteiger partial charge in [-0.25, -0.2) is 0 Å². The normalized spacial score (nSPS) is 31.0. The van der Waals surface area contributed by atoms with Crippen molar-refractivity contribution in [2.24, 2.45) is 0 Å². The van der Waals surface area contributed by atoms with Gasteiger partial charge in [0.15, 0.2) is 0 Å². The molecule has 0 bridgehead atoms. The summed E-state index contributed by atoms with van der Waals surface area (Å²) in [6.45, 7) is 3.02. The summed E-state index contributed by atoms with van der Waals surface area (Å²) in [5.41, 5.74) is 0. The topological polar surface area (TPSA) is 49.8 Å². The first-order chi connectivity index (χ1) is 7.75. The van der Waals surface area contributed by atoms with Gasteiger partial charge in [-0.1, -0.05) is 0 Å². The van der Waals surface area contributed by atoms with Crippen molar-refractivity contribution in [3.8, 4) is 0 Å². The van der Waals surface area contributed by atoms with Crippen LogP contribution in [-0.4, -0.2) is 47.8 Å². The van der Waals surface area contributed by atoms with Crippen LogP contribution in [0, 0.1) is 0 Å². The van der Waals surface area contributed by atoms with E-state index in [1.165, 1.54) is 19.3 Å². The van der Waals surface area contributed by atoms with Crippen molar-refractivity contribution in [2.75, 3.05) is 19.7 Å². The van der Waals surface area contributed by atoms with E-state index < -0.39 is 5.97 Å². The van der Waals surface area contributed by atoms with E-state index in [0.717, 1.165) is 32.5 Å². The fraction of sp³-hybridized carbons (Fsp3) is 0.917. The maximum atomic E-state index is 10.6. The summed E-state index contributed by atoms with van der Waals surface area (Å²) >= 11 is 0. The molecule has 0 saturated carbocycles. The van der Waals surface area contributed by atoms with E-state index in [1.807, 2.05) is 0 Å². The first-order valence-corrected chi connectivity index (χ1v) is 6.33. The second-order valence-electron chi connectivity index (χ2n) is 4.86. The van der Waals surface area contributed by atoms with Gasteiger partial charge < -0.3 is 9.84 Å². The Morgan fingerprint density at radius 1 is 1.38 bits per heavy atom. The minimum Gasteiger partial charge on any atom is -0.481 e. The summed E-state index contributed by atoms with van der Waals surface area (Å²) in [6, 6.07) is 0.472. The van der Waals surface area contributed by atoms with Crippen molar-refractivity contribution < 1.29 is 14.6 Å². The SMILES string of the molecule is O=C(O)CCC1CCCN1CC1CCCO1. The molecule has 1 N–H and O–H groups in total. The number of carboxylic acid groups (broad SMARTS) is 1. The number of hydrogen-bond donors (Lipinski definition) is 1. The molecule has 4 nitrogen and oxygen atoms in total. The molecule has 0 aliphatic carbocycles. The van der Waals surface area contributed by atoms with Gasteiger partial charge in [0.05, 0.1) is 6.10 Å². The highest BCUT2D eigenvalue weighted by atomic mass is 16.5. The average molecular weight is 227 g/mol. The van der Waals surface area contributed by atoms with E-state index in [0.29, 0.717) is 18.6 Å². The molecule has 92 valence electrons. The van der Waals surface area contributed by atoms with Crippen LogP contribution in [0.5, 0.6) is 0 Å². The molecule has 2 heterocycles. The van der Waals surface area contributed by atoms with Crippen molar-refractivity contribution in [2.45, 2.75) is 50.7 Å². The minimum absolute atomic E-state index is 0.298. The quantitative estimate of drug-likeness (QED) is 0.773. The van der Waals surface area contributed by atoms with Gasteiger partial charge in [-0.3, -0.25) is 9.69 Å². The predicted molar refractivity (Wildman–Crippen MR) is 60.4 cm³/mol. The van der Waals surface area contributed by atoms with Crippen LogP contribution in [0.25, 0.3) is 0 Å². The summed E-state index contributed by atoms with van der Waals surface area (Å²) in [6.07, 6.45) is 6.19. The third-order valence-electron chi connectivity index (χ3n) is 3.65. The number of hydrogen-bond acceptors (Lipinski definition) is 3. The zero-order valence-electron chi connectivity index (χ0n) is 9.73. The van der Waals surface area contributed by atoms with Crippen LogP contribution in [-0.2, 0) is 9.53 Å². The lowest BCUT2D eigenvalue weighted by Crippen LogP contribution is -2.36. The van der Waals surface area contributed by atoms with Gasteiger partial charge in [0, 0.05) is 25.6 Å². The Labute approximate surface area is 96.6 Å². The lowest BCUT2D eigenvalue weighted by molar-refractivity contribution is -0.137. The zero-order valence-corrected chi connectivity index (χ0v) is 9.73.